The summed E-state index contributed by atoms with van der Waals surface area (Å²) < 4.78 is 5.63. The molecule has 0 unspecified atom stereocenters. The van der Waals surface area contributed by atoms with E-state index in [0.29, 0.717) is 23.7 Å². The highest BCUT2D eigenvalue weighted by atomic mass is 32.2. The van der Waals surface area contributed by atoms with Crippen molar-refractivity contribution in [2.24, 2.45) is 0 Å². The average molecular weight is 372 g/mol. The summed E-state index contributed by atoms with van der Waals surface area (Å²) in [6.07, 6.45) is 0. The molecule has 0 atom stereocenters. The minimum atomic E-state index is -0.0392. The predicted molar refractivity (Wildman–Crippen MR) is 108 cm³/mol. The van der Waals surface area contributed by atoms with Gasteiger partial charge in [-0.1, -0.05) is 17.7 Å². The number of rotatable bonds is 8. The van der Waals surface area contributed by atoms with Gasteiger partial charge in [-0.2, -0.15) is 0 Å². The topological polar surface area (TPSA) is 55.4 Å². The van der Waals surface area contributed by atoms with Crippen LogP contribution in [0.25, 0.3) is 0 Å². The SMILES string of the molecule is CCOc1ccc(C(C)=O)cc1CSCC(=O)Nc1ccc(C)cc1C. The van der Waals surface area contributed by atoms with E-state index in [-0.39, 0.29) is 11.7 Å². The number of benzene rings is 2. The number of nitrogens with one attached hydrogen (secondary N) is 1. The van der Waals surface area contributed by atoms with E-state index in [2.05, 4.69) is 5.32 Å². The third-order valence-electron chi connectivity index (χ3n) is 3.91. The zero-order valence-corrected chi connectivity index (χ0v) is 16.5. The summed E-state index contributed by atoms with van der Waals surface area (Å²) in [5.41, 5.74) is 4.65. The van der Waals surface area contributed by atoms with Gasteiger partial charge < -0.3 is 10.1 Å². The van der Waals surface area contributed by atoms with E-state index in [4.69, 9.17) is 4.74 Å². The van der Waals surface area contributed by atoms with Gasteiger partial charge in [-0.05, 0) is 57.5 Å². The Hall–Kier alpha value is -2.27. The zero-order valence-electron chi connectivity index (χ0n) is 15.7. The maximum absolute atomic E-state index is 12.2. The van der Waals surface area contributed by atoms with E-state index in [9.17, 15) is 9.59 Å². The smallest absolute Gasteiger partial charge is 0.234 e. The van der Waals surface area contributed by atoms with E-state index in [0.717, 1.165) is 22.6 Å². The second kappa shape index (κ2) is 9.43. The lowest BCUT2D eigenvalue weighted by molar-refractivity contribution is -0.113. The lowest BCUT2D eigenvalue weighted by Gasteiger charge is -2.12. The van der Waals surface area contributed by atoms with Crippen LogP contribution in [0.1, 0.15) is 40.9 Å². The van der Waals surface area contributed by atoms with Gasteiger partial charge in [0.2, 0.25) is 5.91 Å². The third kappa shape index (κ3) is 5.63. The normalized spacial score (nSPS) is 10.5. The monoisotopic (exact) mass is 371 g/mol. The molecular formula is C21H25NO3S. The molecule has 2 aromatic rings. The molecule has 138 valence electrons. The molecule has 0 radical (unpaired) electrons. The molecule has 1 amide bonds. The number of ether oxygens (including phenoxy) is 1. The van der Waals surface area contributed by atoms with E-state index in [1.54, 1.807) is 13.0 Å². The van der Waals surface area contributed by atoms with Crippen molar-refractivity contribution in [3.05, 3.63) is 58.7 Å². The Balaban J connectivity index is 1.96. The molecule has 0 saturated heterocycles. The van der Waals surface area contributed by atoms with Crippen LogP contribution in [-0.4, -0.2) is 24.1 Å². The van der Waals surface area contributed by atoms with Crippen LogP contribution in [0.4, 0.5) is 5.69 Å². The van der Waals surface area contributed by atoms with Crippen molar-refractivity contribution in [3.63, 3.8) is 0 Å². The summed E-state index contributed by atoms with van der Waals surface area (Å²) >= 11 is 1.50. The highest BCUT2D eigenvalue weighted by Crippen LogP contribution is 2.25. The van der Waals surface area contributed by atoms with Crippen LogP contribution < -0.4 is 10.1 Å². The van der Waals surface area contributed by atoms with Crippen molar-refractivity contribution in [1.29, 1.82) is 0 Å². The number of hydrogen-bond donors (Lipinski definition) is 1. The Morgan fingerprint density at radius 2 is 1.88 bits per heavy atom. The molecule has 0 heterocycles. The van der Waals surface area contributed by atoms with E-state index < -0.39 is 0 Å². The summed E-state index contributed by atoms with van der Waals surface area (Å²) in [5.74, 6) is 1.69. The average Bonchev–Trinajstić information content (AvgIpc) is 2.59. The molecule has 1 N–H and O–H groups in total. The highest BCUT2D eigenvalue weighted by Gasteiger charge is 2.10. The number of carbonyl (C=O) groups is 2. The standard InChI is InChI=1S/C21H25NO3S/c1-5-25-20-9-7-17(16(4)23)11-18(20)12-26-13-21(24)22-19-8-6-14(2)10-15(19)3/h6-11H,5,12-13H2,1-4H3,(H,22,24). The van der Waals surface area contributed by atoms with Crippen molar-refractivity contribution in [2.45, 2.75) is 33.4 Å². The fraction of sp³-hybridized carbons (Fsp3) is 0.333. The largest absolute Gasteiger partial charge is 0.494 e. The Labute approximate surface area is 159 Å². The van der Waals surface area contributed by atoms with Crippen molar-refractivity contribution < 1.29 is 14.3 Å². The van der Waals surface area contributed by atoms with Gasteiger partial charge in [0.25, 0.3) is 0 Å². The zero-order chi connectivity index (χ0) is 19.1. The quantitative estimate of drug-likeness (QED) is 0.679. The molecule has 0 aliphatic carbocycles. The van der Waals surface area contributed by atoms with Crippen LogP contribution in [0.2, 0.25) is 0 Å². The first-order valence-corrected chi connectivity index (χ1v) is 9.77. The molecule has 0 bridgehead atoms. The van der Waals surface area contributed by atoms with Crippen molar-refractivity contribution in [2.75, 3.05) is 17.7 Å². The maximum Gasteiger partial charge on any atom is 0.234 e. The van der Waals surface area contributed by atoms with Crippen molar-refractivity contribution in [1.82, 2.24) is 0 Å². The second-order valence-electron chi connectivity index (χ2n) is 6.17. The van der Waals surface area contributed by atoms with Crippen LogP contribution >= 0.6 is 11.8 Å². The van der Waals surface area contributed by atoms with Crippen LogP contribution in [0.3, 0.4) is 0 Å². The van der Waals surface area contributed by atoms with Gasteiger partial charge in [-0.3, -0.25) is 9.59 Å². The molecule has 0 saturated carbocycles. The maximum atomic E-state index is 12.2. The first kappa shape index (κ1) is 20.0. The number of aryl methyl sites for hydroxylation is 2. The number of Topliss-reactive ketones (excluding diaryl/α,β-unsaturated/α-hetero) is 1. The lowest BCUT2D eigenvalue weighted by atomic mass is 10.1. The van der Waals surface area contributed by atoms with E-state index in [1.165, 1.54) is 17.3 Å². The minimum Gasteiger partial charge on any atom is -0.494 e. The van der Waals surface area contributed by atoms with Gasteiger partial charge in [0.1, 0.15) is 5.75 Å². The number of amides is 1. The molecule has 0 aliphatic heterocycles. The minimum absolute atomic E-state index is 0.0203. The Kier molecular flexibility index (Phi) is 7.27. The van der Waals surface area contributed by atoms with Gasteiger partial charge in [0, 0.05) is 22.6 Å². The van der Waals surface area contributed by atoms with Gasteiger partial charge in [-0.15, -0.1) is 11.8 Å². The van der Waals surface area contributed by atoms with Crippen LogP contribution in [-0.2, 0) is 10.5 Å². The predicted octanol–water partition coefficient (Wildman–Crippen LogP) is 4.78. The number of thioether (sulfide) groups is 1. The molecule has 2 rings (SSSR count). The third-order valence-corrected chi connectivity index (χ3v) is 4.90. The van der Waals surface area contributed by atoms with E-state index >= 15 is 0 Å². The molecule has 0 spiro atoms. The Morgan fingerprint density at radius 1 is 1.12 bits per heavy atom. The summed E-state index contributed by atoms with van der Waals surface area (Å²) in [6, 6.07) is 11.4. The van der Waals surface area contributed by atoms with Crippen LogP contribution in [0.15, 0.2) is 36.4 Å². The number of ketones is 1. The first-order chi connectivity index (χ1) is 12.4. The van der Waals surface area contributed by atoms with E-state index in [1.807, 2.05) is 51.1 Å². The summed E-state index contributed by atoms with van der Waals surface area (Å²) in [6.45, 7) is 8.04. The fourth-order valence-corrected chi connectivity index (χ4v) is 3.41. The van der Waals surface area contributed by atoms with Gasteiger partial charge in [-0.25, -0.2) is 0 Å². The molecule has 0 aliphatic rings. The molecule has 26 heavy (non-hydrogen) atoms. The lowest BCUT2D eigenvalue weighted by Crippen LogP contribution is -2.15. The number of anilines is 1. The Bertz CT molecular complexity index is 802. The molecular weight excluding hydrogens is 346 g/mol. The second-order valence-corrected chi connectivity index (χ2v) is 7.16. The van der Waals surface area contributed by atoms with Crippen molar-refractivity contribution in [3.8, 4) is 5.75 Å². The first-order valence-electron chi connectivity index (χ1n) is 8.62. The molecule has 5 heteroatoms. The number of carbonyl (C=O) groups excluding carboxylic acids is 2. The van der Waals surface area contributed by atoms with Crippen molar-refractivity contribution >= 4 is 29.1 Å². The molecule has 0 aromatic heterocycles. The van der Waals surface area contributed by atoms with Crippen LogP contribution in [0.5, 0.6) is 5.75 Å². The molecule has 2 aromatic carbocycles. The molecule has 4 nitrogen and oxygen atoms in total. The summed E-state index contributed by atoms with van der Waals surface area (Å²) in [5, 5.41) is 2.95. The van der Waals surface area contributed by atoms with Crippen LogP contribution in [0, 0.1) is 13.8 Å². The molecule has 0 fully saturated rings. The fourth-order valence-electron chi connectivity index (χ4n) is 2.60. The number of hydrogen-bond acceptors (Lipinski definition) is 4. The van der Waals surface area contributed by atoms with Gasteiger partial charge in [0.05, 0.1) is 12.4 Å². The summed E-state index contributed by atoms with van der Waals surface area (Å²) in [7, 11) is 0. The van der Waals surface area contributed by atoms with Gasteiger partial charge in [0.15, 0.2) is 5.78 Å². The summed E-state index contributed by atoms with van der Waals surface area (Å²) in [4.78, 5) is 23.8. The van der Waals surface area contributed by atoms with Gasteiger partial charge >= 0.3 is 0 Å². The highest BCUT2D eigenvalue weighted by molar-refractivity contribution is 7.99. The Morgan fingerprint density at radius 3 is 2.54 bits per heavy atom.